The van der Waals surface area contributed by atoms with Crippen LogP contribution in [0.2, 0.25) is 0 Å². The second kappa shape index (κ2) is 3.87. The predicted octanol–water partition coefficient (Wildman–Crippen LogP) is 0.213. The Morgan fingerprint density at radius 3 is 2.67 bits per heavy atom. The lowest BCUT2D eigenvalue weighted by atomic mass is 9.83. The van der Waals surface area contributed by atoms with Crippen LogP contribution in [0.4, 0.5) is 0 Å². The van der Waals surface area contributed by atoms with Gasteiger partial charge in [0.1, 0.15) is 0 Å². The molecule has 0 aromatic heterocycles. The molecule has 0 amide bonds. The molecule has 0 spiro atoms. The van der Waals surface area contributed by atoms with Gasteiger partial charge in [0.2, 0.25) is 0 Å². The summed E-state index contributed by atoms with van der Waals surface area (Å²) in [6, 6.07) is -0.121. The maximum absolute atomic E-state index is 10.7. The standard InChI is InChI=1S/C8H15NO3/c1-12-7-5(8(10)11)3-2-4-6(7)9/h5-7H,2-4,9H2,1H3,(H,10,11)/t5-,6-,7-/m0/s1. The first-order valence-corrected chi connectivity index (χ1v) is 4.18. The van der Waals surface area contributed by atoms with Crippen molar-refractivity contribution in [1.29, 1.82) is 0 Å². The van der Waals surface area contributed by atoms with Gasteiger partial charge in [0, 0.05) is 13.2 Å². The van der Waals surface area contributed by atoms with Crippen molar-refractivity contribution in [3.8, 4) is 0 Å². The van der Waals surface area contributed by atoms with Gasteiger partial charge in [0.05, 0.1) is 12.0 Å². The van der Waals surface area contributed by atoms with Gasteiger partial charge in [0.25, 0.3) is 0 Å². The lowest BCUT2D eigenvalue weighted by molar-refractivity contribution is -0.149. The van der Waals surface area contributed by atoms with Crippen LogP contribution in [-0.2, 0) is 9.53 Å². The molecule has 12 heavy (non-hydrogen) atoms. The Morgan fingerprint density at radius 1 is 1.58 bits per heavy atom. The monoisotopic (exact) mass is 173 g/mol. The Morgan fingerprint density at radius 2 is 2.25 bits per heavy atom. The number of ether oxygens (including phenoxy) is 1. The number of methoxy groups -OCH3 is 1. The first kappa shape index (κ1) is 9.48. The van der Waals surface area contributed by atoms with Crippen LogP contribution in [0.3, 0.4) is 0 Å². The molecule has 3 atom stereocenters. The molecular weight excluding hydrogens is 158 g/mol. The van der Waals surface area contributed by atoms with E-state index in [1.807, 2.05) is 0 Å². The first-order chi connectivity index (χ1) is 5.66. The fraction of sp³-hybridized carbons (Fsp3) is 0.875. The van der Waals surface area contributed by atoms with Crippen molar-refractivity contribution < 1.29 is 14.6 Å². The summed E-state index contributed by atoms with van der Waals surface area (Å²) >= 11 is 0. The zero-order valence-electron chi connectivity index (χ0n) is 7.19. The molecule has 0 aromatic rings. The number of nitrogens with two attached hydrogens (primary N) is 1. The highest BCUT2D eigenvalue weighted by Gasteiger charge is 2.35. The van der Waals surface area contributed by atoms with Gasteiger partial charge in [-0.15, -0.1) is 0 Å². The number of hydrogen-bond donors (Lipinski definition) is 2. The molecule has 1 fully saturated rings. The van der Waals surface area contributed by atoms with Gasteiger partial charge in [-0.05, 0) is 12.8 Å². The van der Waals surface area contributed by atoms with E-state index in [0.29, 0.717) is 6.42 Å². The van der Waals surface area contributed by atoms with E-state index >= 15 is 0 Å². The number of rotatable bonds is 2. The van der Waals surface area contributed by atoms with Crippen LogP contribution in [0, 0.1) is 5.92 Å². The zero-order valence-corrected chi connectivity index (χ0v) is 7.19. The molecule has 1 aliphatic rings. The zero-order chi connectivity index (χ0) is 9.14. The van der Waals surface area contributed by atoms with Crippen molar-refractivity contribution in [2.24, 2.45) is 11.7 Å². The normalized spacial score (nSPS) is 36.3. The van der Waals surface area contributed by atoms with Crippen LogP contribution < -0.4 is 5.73 Å². The van der Waals surface area contributed by atoms with Crippen molar-refractivity contribution >= 4 is 5.97 Å². The van der Waals surface area contributed by atoms with Gasteiger partial charge in [-0.2, -0.15) is 0 Å². The largest absolute Gasteiger partial charge is 0.481 e. The van der Waals surface area contributed by atoms with E-state index in [9.17, 15) is 4.79 Å². The van der Waals surface area contributed by atoms with E-state index in [1.54, 1.807) is 0 Å². The second-order valence-electron chi connectivity index (χ2n) is 3.24. The van der Waals surface area contributed by atoms with Gasteiger partial charge in [-0.25, -0.2) is 0 Å². The number of hydrogen-bond acceptors (Lipinski definition) is 3. The third-order valence-corrected chi connectivity index (χ3v) is 2.46. The summed E-state index contributed by atoms with van der Waals surface area (Å²) < 4.78 is 5.07. The van der Waals surface area contributed by atoms with Gasteiger partial charge in [-0.3, -0.25) is 4.79 Å². The highest BCUT2D eigenvalue weighted by molar-refractivity contribution is 5.71. The summed E-state index contributed by atoms with van der Waals surface area (Å²) in [4.78, 5) is 10.7. The third kappa shape index (κ3) is 1.76. The molecule has 0 bridgehead atoms. The van der Waals surface area contributed by atoms with Crippen molar-refractivity contribution in [3.05, 3.63) is 0 Å². The smallest absolute Gasteiger partial charge is 0.309 e. The van der Waals surface area contributed by atoms with E-state index in [4.69, 9.17) is 15.6 Å². The minimum absolute atomic E-state index is 0.121. The fourth-order valence-electron chi connectivity index (χ4n) is 1.80. The lowest BCUT2D eigenvalue weighted by Crippen LogP contribution is -2.47. The SMILES string of the molecule is CO[C@H]1[C@@H](C(=O)O)CCC[C@@H]1N. The van der Waals surface area contributed by atoms with Gasteiger partial charge < -0.3 is 15.6 Å². The first-order valence-electron chi connectivity index (χ1n) is 4.18. The van der Waals surface area contributed by atoms with Crippen LogP contribution in [0.5, 0.6) is 0 Å². The third-order valence-electron chi connectivity index (χ3n) is 2.46. The number of aliphatic carboxylic acids is 1. The summed E-state index contributed by atoms with van der Waals surface area (Å²) in [5, 5.41) is 8.82. The van der Waals surface area contributed by atoms with Crippen molar-refractivity contribution in [2.45, 2.75) is 31.4 Å². The van der Waals surface area contributed by atoms with Crippen LogP contribution in [0.1, 0.15) is 19.3 Å². The Kier molecular flexibility index (Phi) is 3.05. The maximum Gasteiger partial charge on any atom is 0.309 e. The molecule has 1 rings (SSSR count). The van der Waals surface area contributed by atoms with Crippen molar-refractivity contribution in [3.63, 3.8) is 0 Å². The minimum atomic E-state index is -0.794. The van der Waals surface area contributed by atoms with E-state index in [0.717, 1.165) is 12.8 Å². The highest BCUT2D eigenvalue weighted by atomic mass is 16.5. The molecule has 3 N–H and O–H groups in total. The van der Waals surface area contributed by atoms with Crippen LogP contribution in [0.15, 0.2) is 0 Å². The van der Waals surface area contributed by atoms with Gasteiger partial charge in [0.15, 0.2) is 0 Å². The molecule has 0 saturated heterocycles. The maximum atomic E-state index is 10.7. The summed E-state index contributed by atoms with van der Waals surface area (Å²) in [7, 11) is 1.52. The summed E-state index contributed by atoms with van der Waals surface area (Å²) in [5.74, 6) is -1.21. The van der Waals surface area contributed by atoms with Gasteiger partial charge in [-0.1, -0.05) is 6.42 Å². The van der Waals surface area contributed by atoms with Crippen LogP contribution >= 0.6 is 0 Å². The molecule has 1 aliphatic carbocycles. The van der Waals surface area contributed by atoms with Crippen molar-refractivity contribution in [2.75, 3.05) is 7.11 Å². The molecule has 4 heteroatoms. The predicted molar refractivity (Wildman–Crippen MR) is 43.7 cm³/mol. The molecule has 70 valence electrons. The van der Waals surface area contributed by atoms with Gasteiger partial charge >= 0.3 is 5.97 Å². The molecule has 0 aromatic carbocycles. The molecule has 4 nitrogen and oxygen atoms in total. The van der Waals surface area contributed by atoms with Crippen LogP contribution in [-0.4, -0.2) is 30.3 Å². The average Bonchev–Trinajstić information content (AvgIpc) is 2.03. The minimum Gasteiger partial charge on any atom is -0.481 e. The van der Waals surface area contributed by atoms with Crippen LogP contribution in [0.25, 0.3) is 0 Å². The quantitative estimate of drug-likeness (QED) is 0.626. The molecule has 0 aliphatic heterocycles. The van der Waals surface area contributed by atoms with E-state index in [-0.39, 0.29) is 12.1 Å². The lowest BCUT2D eigenvalue weighted by Gasteiger charge is -2.32. The van der Waals surface area contributed by atoms with E-state index < -0.39 is 11.9 Å². The second-order valence-corrected chi connectivity index (χ2v) is 3.24. The number of carbonyl (C=O) groups is 1. The Hall–Kier alpha value is -0.610. The Balaban J connectivity index is 2.64. The fourth-order valence-corrected chi connectivity index (χ4v) is 1.80. The summed E-state index contributed by atoms with van der Waals surface area (Å²) in [5.41, 5.74) is 5.73. The molecule has 1 saturated carbocycles. The highest BCUT2D eigenvalue weighted by Crippen LogP contribution is 2.25. The van der Waals surface area contributed by atoms with Crippen molar-refractivity contribution in [1.82, 2.24) is 0 Å². The topological polar surface area (TPSA) is 72.5 Å². The number of carboxylic acids is 1. The summed E-state index contributed by atoms with van der Waals surface area (Å²) in [6.07, 6.45) is 2.12. The molecule has 0 radical (unpaired) electrons. The number of carboxylic acid groups (broad SMARTS) is 1. The molecular formula is C8H15NO3. The Bertz CT molecular complexity index is 172. The van der Waals surface area contributed by atoms with E-state index in [1.165, 1.54) is 7.11 Å². The molecule has 0 heterocycles. The summed E-state index contributed by atoms with van der Waals surface area (Å²) in [6.45, 7) is 0. The average molecular weight is 173 g/mol. The Labute approximate surface area is 71.7 Å². The molecule has 0 unspecified atom stereocenters. The van der Waals surface area contributed by atoms with E-state index in [2.05, 4.69) is 0 Å².